The van der Waals surface area contributed by atoms with E-state index in [9.17, 15) is 4.79 Å². The number of rotatable bonds is 4. The number of fused-ring (bicyclic) bond motifs is 1. The highest BCUT2D eigenvalue weighted by Gasteiger charge is 2.39. The molecule has 104 valence electrons. The smallest absolute Gasteiger partial charge is 0.222 e. The third-order valence-corrected chi connectivity index (χ3v) is 4.93. The van der Waals surface area contributed by atoms with E-state index in [-0.39, 0.29) is 5.91 Å². The topological polar surface area (TPSA) is 46.9 Å². The van der Waals surface area contributed by atoms with E-state index in [1.54, 1.807) is 6.20 Å². The molecule has 1 aromatic heterocycles. The van der Waals surface area contributed by atoms with Crippen LogP contribution in [0.15, 0.2) is 12.4 Å². The monoisotopic (exact) mass is 261 g/mol. The average Bonchev–Trinajstić information content (AvgIpc) is 3.06. The Hall–Kier alpha value is -1.32. The third-order valence-electron chi connectivity index (χ3n) is 4.93. The largest absolute Gasteiger partial charge is 0.353 e. The van der Waals surface area contributed by atoms with Crippen molar-refractivity contribution in [3.05, 3.63) is 18.2 Å². The van der Waals surface area contributed by atoms with Gasteiger partial charge in [-0.25, -0.2) is 4.98 Å². The molecule has 2 saturated carbocycles. The normalized spacial score (nSPS) is 29.4. The maximum atomic E-state index is 12.0. The first-order valence-corrected chi connectivity index (χ1v) is 7.51. The molecule has 0 radical (unpaired) electrons. The van der Waals surface area contributed by atoms with Crippen LogP contribution in [0.5, 0.6) is 0 Å². The van der Waals surface area contributed by atoms with Gasteiger partial charge in [-0.05, 0) is 38.0 Å². The summed E-state index contributed by atoms with van der Waals surface area (Å²) in [7, 11) is 0. The number of nitrogens with zero attached hydrogens (tertiary/aromatic N) is 2. The van der Waals surface area contributed by atoms with Gasteiger partial charge in [0.15, 0.2) is 0 Å². The van der Waals surface area contributed by atoms with Crippen molar-refractivity contribution in [1.82, 2.24) is 14.9 Å². The van der Waals surface area contributed by atoms with Crippen molar-refractivity contribution in [2.24, 2.45) is 11.8 Å². The highest BCUT2D eigenvalue weighted by Crippen LogP contribution is 2.43. The molecule has 2 fully saturated rings. The van der Waals surface area contributed by atoms with Gasteiger partial charge in [0.05, 0.1) is 0 Å². The summed E-state index contributed by atoms with van der Waals surface area (Å²) in [5, 5.41) is 3.26. The molecule has 0 unspecified atom stereocenters. The van der Waals surface area contributed by atoms with Crippen LogP contribution in [0.25, 0.3) is 0 Å². The molecule has 0 bridgehead atoms. The number of hydrogen-bond acceptors (Lipinski definition) is 2. The Balaban J connectivity index is 1.48. The fourth-order valence-electron chi connectivity index (χ4n) is 3.88. The molecule has 3 rings (SSSR count). The lowest BCUT2D eigenvalue weighted by Gasteiger charge is -2.20. The van der Waals surface area contributed by atoms with Gasteiger partial charge in [-0.1, -0.05) is 12.8 Å². The molecule has 1 heterocycles. The van der Waals surface area contributed by atoms with E-state index < -0.39 is 0 Å². The molecule has 19 heavy (non-hydrogen) atoms. The number of carbonyl (C=O) groups is 1. The van der Waals surface area contributed by atoms with Gasteiger partial charge in [-0.3, -0.25) is 4.79 Å². The second-order valence-corrected chi connectivity index (χ2v) is 6.02. The Labute approximate surface area is 114 Å². The van der Waals surface area contributed by atoms with Crippen LogP contribution >= 0.6 is 0 Å². The number of amides is 1. The molecule has 0 aromatic carbocycles. The summed E-state index contributed by atoms with van der Waals surface area (Å²) in [5.41, 5.74) is 0. The molecule has 0 spiro atoms. The number of nitrogens with one attached hydrogen (secondary N) is 1. The molecule has 1 aromatic rings. The molecular weight excluding hydrogens is 238 g/mol. The second kappa shape index (κ2) is 5.35. The minimum Gasteiger partial charge on any atom is -0.353 e. The van der Waals surface area contributed by atoms with Crippen LogP contribution in [0.3, 0.4) is 0 Å². The predicted molar refractivity (Wildman–Crippen MR) is 73.6 cm³/mol. The van der Waals surface area contributed by atoms with Gasteiger partial charge < -0.3 is 9.88 Å². The fraction of sp³-hybridized carbons (Fsp3) is 0.733. The van der Waals surface area contributed by atoms with Crippen molar-refractivity contribution < 1.29 is 4.79 Å². The highest BCUT2D eigenvalue weighted by atomic mass is 16.1. The van der Waals surface area contributed by atoms with Gasteiger partial charge in [0, 0.05) is 31.4 Å². The van der Waals surface area contributed by atoms with Crippen LogP contribution in [0, 0.1) is 18.8 Å². The van der Waals surface area contributed by atoms with Crippen molar-refractivity contribution in [1.29, 1.82) is 0 Å². The summed E-state index contributed by atoms with van der Waals surface area (Å²) in [4.78, 5) is 16.2. The summed E-state index contributed by atoms with van der Waals surface area (Å²) in [6, 6.07) is 0.448. The number of aromatic nitrogens is 2. The van der Waals surface area contributed by atoms with E-state index in [1.165, 1.54) is 32.1 Å². The first kappa shape index (κ1) is 12.7. The summed E-state index contributed by atoms with van der Waals surface area (Å²) < 4.78 is 2.03. The van der Waals surface area contributed by atoms with E-state index in [0.29, 0.717) is 12.5 Å². The van der Waals surface area contributed by atoms with Crippen LogP contribution < -0.4 is 5.32 Å². The number of carbonyl (C=O) groups excluding carboxylic acids is 1. The first-order chi connectivity index (χ1) is 9.24. The van der Waals surface area contributed by atoms with Gasteiger partial charge in [0.2, 0.25) is 5.91 Å². The fourth-order valence-corrected chi connectivity index (χ4v) is 3.88. The molecule has 2 aliphatic rings. The number of imidazole rings is 1. The van der Waals surface area contributed by atoms with Gasteiger partial charge in [-0.15, -0.1) is 0 Å². The van der Waals surface area contributed by atoms with E-state index in [0.717, 1.165) is 24.2 Å². The van der Waals surface area contributed by atoms with Gasteiger partial charge in [-0.2, -0.15) is 0 Å². The van der Waals surface area contributed by atoms with Crippen LogP contribution in [0.2, 0.25) is 0 Å². The van der Waals surface area contributed by atoms with Crippen LogP contribution in [0.1, 0.15) is 44.3 Å². The zero-order valence-electron chi connectivity index (χ0n) is 11.6. The van der Waals surface area contributed by atoms with Gasteiger partial charge >= 0.3 is 0 Å². The van der Waals surface area contributed by atoms with Crippen molar-refractivity contribution >= 4 is 5.91 Å². The molecule has 2 aliphatic carbocycles. The lowest BCUT2D eigenvalue weighted by Crippen LogP contribution is -2.38. The molecule has 3 atom stereocenters. The van der Waals surface area contributed by atoms with E-state index in [2.05, 4.69) is 10.3 Å². The van der Waals surface area contributed by atoms with E-state index >= 15 is 0 Å². The first-order valence-electron chi connectivity index (χ1n) is 7.51. The Kier molecular flexibility index (Phi) is 3.58. The molecule has 1 amide bonds. The average molecular weight is 261 g/mol. The zero-order valence-corrected chi connectivity index (χ0v) is 11.6. The molecule has 4 nitrogen and oxygen atoms in total. The van der Waals surface area contributed by atoms with Crippen LogP contribution in [-0.4, -0.2) is 21.5 Å². The minimum atomic E-state index is 0.200. The summed E-state index contributed by atoms with van der Waals surface area (Å²) in [5.74, 6) is 2.83. The molecule has 4 heteroatoms. The van der Waals surface area contributed by atoms with E-state index in [4.69, 9.17) is 0 Å². The lowest BCUT2D eigenvalue weighted by molar-refractivity contribution is -0.122. The third kappa shape index (κ3) is 2.67. The number of hydrogen-bond donors (Lipinski definition) is 1. The van der Waals surface area contributed by atoms with Gasteiger partial charge in [0.1, 0.15) is 5.82 Å². The Morgan fingerprint density at radius 1 is 1.42 bits per heavy atom. The molecule has 0 saturated heterocycles. The van der Waals surface area contributed by atoms with Gasteiger partial charge in [0.25, 0.3) is 0 Å². The lowest BCUT2D eigenvalue weighted by atomic mass is 9.97. The van der Waals surface area contributed by atoms with Crippen LogP contribution in [-0.2, 0) is 11.3 Å². The molecule has 1 N–H and O–H groups in total. The predicted octanol–water partition coefficient (Wildman–Crippen LogP) is 2.28. The highest BCUT2D eigenvalue weighted by molar-refractivity contribution is 5.76. The van der Waals surface area contributed by atoms with Crippen LogP contribution in [0.4, 0.5) is 0 Å². The quantitative estimate of drug-likeness (QED) is 0.904. The maximum Gasteiger partial charge on any atom is 0.222 e. The Morgan fingerprint density at radius 3 is 3.11 bits per heavy atom. The number of aryl methyl sites for hydroxylation is 2. The SMILES string of the molecule is Cc1nccn1CCC(=O)N[C@H]1CC[C@@H]2CCC[C@@H]21. The van der Waals surface area contributed by atoms with E-state index in [1.807, 2.05) is 17.7 Å². The van der Waals surface area contributed by atoms with Crippen molar-refractivity contribution in [2.45, 2.75) is 58.0 Å². The van der Waals surface area contributed by atoms with Crippen molar-refractivity contribution in [3.8, 4) is 0 Å². The Bertz CT molecular complexity index is 454. The standard InChI is InChI=1S/C15H23N3O/c1-11-16-8-10-18(11)9-7-15(19)17-14-6-5-12-3-2-4-13(12)14/h8,10,12-14H,2-7,9H2,1H3,(H,17,19)/t12-,13-,14-/m0/s1. The summed E-state index contributed by atoms with van der Waals surface area (Å²) in [6.45, 7) is 2.70. The maximum absolute atomic E-state index is 12.0. The second-order valence-electron chi connectivity index (χ2n) is 6.02. The summed E-state index contributed by atoms with van der Waals surface area (Å²) in [6.07, 6.45) is 10.8. The van der Waals surface area contributed by atoms with Crippen molar-refractivity contribution in [3.63, 3.8) is 0 Å². The summed E-state index contributed by atoms with van der Waals surface area (Å²) >= 11 is 0. The minimum absolute atomic E-state index is 0.200. The molecule has 0 aliphatic heterocycles. The Morgan fingerprint density at radius 2 is 2.32 bits per heavy atom. The molecular formula is C15H23N3O. The van der Waals surface area contributed by atoms with Crippen molar-refractivity contribution in [2.75, 3.05) is 0 Å². The zero-order chi connectivity index (χ0) is 13.2.